The maximum Gasteiger partial charge on any atom is 0.175 e. The third-order valence-corrected chi connectivity index (χ3v) is 7.14. The van der Waals surface area contributed by atoms with Gasteiger partial charge in [0.2, 0.25) is 0 Å². The molecular weight excluding hydrogens is 490 g/mol. The molecule has 0 amide bonds. The largest absolute Gasteiger partial charge is 0.489 e. The van der Waals surface area contributed by atoms with Crippen molar-refractivity contribution in [1.29, 1.82) is 0 Å². The molecule has 0 radical (unpaired) electrons. The predicted octanol–water partition coefficient (Wildman–Crippen LogP) is 7.34. The summed E-state index contributed by atoms with van der Waals surface area (Å²) in [5.41, 5.74) is 4.07. The highest BCUT2D eigenvalue weighted by Crippen LogP contribution is 2.33. The smallest absolute Gasteiger partial charge is 0.175 e. The van der Waals surface area contributed by atoms with E-state index >= 15 is 0 Å². The molecule has 1 fully saturated rings. The second-order valence-electron chi connectivity index (χ2n) is 9.60. The van der Waals surface area contributed by atoms with Gasteiger partial charge in [-0.05, 0) is 94.8 Å². The number of likely N-dealkylation sites (tertiary alicyclic amines) is 1. The monoisotopic (exact) mass is 529 g/mol. The van der Waals surface area contributed by atoms with Crippen LogP contribution in [-0.4, -0.2) is 45.9 Å². The van der Waals surface area contributed by atoms with Crippen molar-refractivity contribution in [2.45, 2.75) is 71.3 Å². The van der Waals surface area contributed by atoms with Gasteiger partial charge < -0.3 is 20.3 Å². The standard InChI is InChI=1S/C28H39N5OS.ClH/c1-4-6-9-16-33-17-14-21(15-18-33)27-23-19-22(12-13-24(23)31-32-27)29-28(35)30-25-10-7-8-11-26(25)34-20(3)5-2;/h7-8,10-13,19-21H,4-6,9,14-18H2,1-3H3,(H,31,32)(H2,29,30,35);1H. The molecule has 1 atom stereocenters. The number of hydrogen-bond donors (Lipinski definition) is 3. The van der Waals surface area contributed by atoms with Gasteiger partial charge in [-0.2, -0.15) is 5.10 Å². The van der Waals surface area contributed by atoms with Crippen molar-refractivity contribution in [1.82, 2.24) is 15.1 Å². The van der Waals surface area contributed by atoms with Gasteiger partial charge in [0.05, 0.1) is 23.0 Å². The molecule has 3 aromatic rings. The summed E-state index contributed by atoms with van der Waals surface area (Å²) in [6.45, 7) is 10.00. The molecule has 2 aromatic carbocycles. The van der Waals surface area contributed by atoms with Gasteiger partial charge in [-0.3, -0.25) is 5.10 Å². The van der Waals surface area contributed by atoms with Crippen LogP contribution in [0.3, 0.4) is 0 Å². The zero-order valence-electron chi connectivity index (χ0n) is 21.7. The number of nitrogens with zero attached hydrogens (tertiary/aromatic N) is 2. The van der Waals surface area contributed by atoms with Crippen LogP contribution in [0.15, 0.2) is 42.5 Å². The highest BCUT2D eigenvalue weighted by molar-refractivity contribution is 7.80. The highest BCUT2D eigenvalue weighted by atomic mass is 35.5. The minimum atomic E-state index is 0. The fourth-order valence-corrected chi connectivity index (χ4v) is 4.92. The number of benzene rings is 2. The molecule has 0 saturated carbocycles. The van der Waals surface area contributed by atoms with Gasteiger partial charge in [0.25, 0.3) is 0 Å². The van der Waals surface area contributed by atoms with E-state index in [0.29, 0.717) is 11.0 Å². The summed E-state index contributed by atoms with van der Waals surface area (Å²) in [5.74, 6) is 1.30. The van der Waals surface area contributed by atoms with Crippen LogP contribution in [0.2, 0.25) is 0 Å². The number of nitrogens with one attached hydrogen (secondary N) is 3. The molecule has 0 bridgehead atoms. The normalized spacial score (nSPS) is 15.3. The third-order valence-electron chi connectivity index (χ3n) is 6.94. The van der Waals surface area contributed by atoms with E-state index in [2.05, 4.69) is 53.5 Å². The lowest BCUT2D eigenvalue weighted by Gasteiger charge is -2.31. The van der Waals surface area contributed by atoms with E-state index in [9.17, 15) is 0 Å². The second-order valence-corrected chi connectivity index (χ2v) is 10.0. The van der Waals surface area contributed by atoms with Gasteiger partial charge in [-0.15, -0.1) is 12.4 Å². The Bertz CT molecular complexity index is 1110. The molecule has 36 heavy (non-hydrogen) atoms. The van der Waals surface area contributed by atoms with E-state index in [-0.39, 0.29) is 18.5 Å². The van der Waals surface area contributed by atoms with Crippen molar-refractivity contribution >= 4 is 52.0 Å². The molecule has 1 aliphatic heterocycles. The van der Waals surface area contributed by atoms with Gasteiger partial charge in [-0.1, -0.05) is 38.8 Å². The van der Waals surface area contributed by atoms with Gasteiger partial charge in [0.1, 0.15) is 5.75 Å². The number of halogens is 1. The first-order chi connectivity index (χ1) is 17.1. The Morgan fingerprint density at radius 1 is 1.14 bits per heavy atom. The van der Waals surface area contributed by atoms with Gasteiger partial charge in [-0.25, -0.2) is 0 Å². The number of hydrogen-bond acceptors (Lipinski definition) is 4. The molecule has 8 heteroatoms. The Balaban J connectivity index is 0.00000361. The maximum absolute atomic E-state index is 6.04. The number of aromatic nitrogens is 2. The Hall–Kier alpha value is -2.35. The van der Waals surface area contributed by atoms with Crippen LogP contribution >= 0.6 is 24.6 Å². The van der Waals surface area contributed by atoms with Gasteiger partial charge in [0.15, 0.2) is 5.11 Å². The molecule has 196 valence electrons. The van der Waals surface area contributed by atoms with E-state index in [1.807, 2.05) is 30.3 Å². The van der Waals surface area contributed by atoms with Crippen LogP contribution in [-0.2, 0) is 0 Å². The zero-order chi connectivity index (χ0) is 24.6. The number of thiocarbonyl (C=S) groups is 1. The average Bonchev–Trinajstić information content (AvgIpc) is 3.29. The Morgan fingerprint density at radius 3 is 2.67 bits per heavy atom. The Kier molecular flexibility index (Phi) is 10.8. The molecule has 0 spiro atoms. The summed E-state index contributed by atoms with van der Waals surface area (Å²) in [5, 5.41) is 16.3. The average molecular weight is 530 g/mol. The van der Waals surface area contributed by atoms with Crippen LogP contribution in [0.4, 0.5) is 11.4 Å². The minimum Gasteiger partial charge on any atom is -0.489 e. The number of ether oxygens (including phenoxy) is 1. The number of piperidine rings is 1. The third kappa shape index (κ3) is 7.34. The van der Waals surface area contributed by atoms with Crippen molar-refractivity contribution in [3.05, 3.63) is 48.2 Å². The van der Waals surface area contributed by atoms with Crippen LogP contribution in [0.1, 0.15) is 70.9 Å². The summed E-state index contributed by atoms with van der Waals surface area (Å²) >= 11 is 5.63. The first-order valence-corrected chi connectivity index (χ1v) is 13.5. The molecule has 1 aromatic heterocycles. The summed E-state index contributed by atoms with van der Waals surface area (Å²) in [4.78, 5) is 2.61. The van der Waals surface area contributed by atoms with E-state index < -0.39 is 0 Å². The molecular formula is C28H40ClN5OS. The number of aromatic amines is 1. The molecule has 3 N–H and O–H groups in total. The second kappa shape index (κ2) is 13.8. The summed E-state index contributed by atoms with van der Waals surface area (Å²) in [7, 11) is 0. The van der Waals surface area contributed by atoms with Gasteiger partial charge in [0, 0.05) is 17.0 Å². The molecule has 2 heterocycles. The lowest BCUT2D eigenvalue weighted by molar-refractivity contribution is 0.207. The summed E-state index contributed by atoms with van der Waals surface area (Å²) in [6, 6.07) is 14.2. The van der Waals surface area contributed by atoms with Crippen LogP contribution < -0.4 is 15.4 Å². The Morgan fingerprint density at radius 2 is 1.92 bits per heavy atom. The molecule has 1 unspecified atom stereocenters. The molecule has 1 saturated heterocycles. The fourth-order valence-electron chi connectivity index (χ4n) is 4.70. The number of rotatable bonds is 10. The first-order valence-electron chi connectivity index (χ1n) is 13.1. The number of anilines is 2. The van der Waals surface area contributed by atoms with Crippen molar-refractivity contribution in [3.63, 3.8) is 0 Å². The van der Waals surface area contributed by atoms with Gasteiger partial charge >= 0.3 is 0 Å². The number of para-hydroxylation sites is 2. The number of fused-ring (bicyclic) bond motifs is 1. The quantitative estimate of drug-likeness (QED) is 0.188. The van der Waals surface area contributed by atoms with E-state index in [4.69, 9.17) is 22.1 Å². The first kappa shape index (κ1) is 28.2. The minimum absolute atomic E-state index is 0. The van der Waals surface area contributed by atoms with Crippen molar-refractivity contribution in [3.8, 4) is 5.75 Å². The van der Waals surface area contributed by atoms with Crippen LogP contribution in [0, 0.1) is 0 Å². The van der Waals surface area contributed by atoms with Crippen molar-refractivity contribution in [2.75, 3.05) is 30.3 Å². The van der Waals surface area contributed by atoms with E-state index in [1.165, 1.54) is 36.9 Å². The summed E-state index contributed by atoms with van der Waals surface area (Å²) < 4.78 is 6.04. The lowest BCUT2D eigenvalue weighted by Crippen LogP contribution is -2.33. The topological polar surface area (TPSA) is 65.2 Å². The summed E-state index contributed by atoms with van der Waals surface area (Å²) in [6.07, 6.45) is 7.33. The SMILES string of the molecule is CCCCCN1CCC(c2n[nH]c3ccc(NC(=S)Nc4ccccc4OC(C)CC)cc23)CC1.Cl. The van der Waals surface area contributed by atoms with E-state index in [1.54, 1.807) is 0 Å². The number of H-pyrrole nitrogens is 1. The zero-order valence-corrected chi connectivity index (χ0v) is 23.3. The number of unbranched alkanes of at least 4 members (excludes halogenated alkanes) is 2. The van der Waals surface area contributed by atoms with Crippen LogP contribution in [0.5, 0.6) is 5.75 Å². The highest BCUT2D eigenvalue weighted by Gasteiger charge is 2.24. The molecule has 6 nitrogen and oxygen atoms in total. The lowest BCUT2D eigenvalue weighted by atomic mass is 9.91. The fraction of sp³-hybridized carbons (Fsp3) is 0.500. The molecule has 4 rings (SSSR count). The van der Waals surface area contributed by atoms with Crippen molar-refractivity contribution in [2.24, 2.45) is 0 Å². The Labute approximate surface area is 227 Å². The van der Waals surface area contributed by atoms with Crippen molar-refractivity contribution < 1.29 is 4.74 Å². The van der Waals surface area contributed by atoms with Crippen LogP contribution in [0.25, 0.3) is 10.9 Å². The predicted molar refractivity (Wildman–Crippen MR) is 158 cm³/mol. The maximum atomic E-state index is 6.04. The molecule has 1 aliphatic rings. The molecule has 0 aliphatic carbocycles. The van der Waals surface area contributed by atoms with E-state index in [0.717, 1.165) is 55.0 Å².